The fourth-order valence-corrected chi connectivity index (χ4v) is 1.85. The van der Waals surface area contributed by atoms with E-state index in [9.17, 15) is 19.5 Å². The summed E-state index contributed by atoms with van der Waals surface area (Å²) in [5, 5.41) is 18.3. The SMILES string of the molecule is CCC(=O)c1c(O)cc(C(C)CCC=CC(=O)O)oc1=O. The molecule has 0 bridgehead atoms. The Morgan fingerprint density at radius 1 is 1.43 bits per heavy atom. The lowest BCUT2D eigenvalue weighted by Gasteiger charge is -2.10. The van der Waals surface area contributed by atoms with E-state index in [1.807, 2.05) is 0 Å². The van der Waals surface area contributed by atoms with E-state index >= 15 is 0 Å². The van der Waals surface area contributed by atoms with Crippen LogP contribution in [0, 0.1) is 0 Å². The molecule has 0 fully saturated rings. The van der Waals surface area contributed by atoms with Gasteiger partial charge in [0.2, 0.25) is 0 Å². The summed E-state index contributed by atoms with van der Waals surface area (Å²) in [7, 11) is 0. The first-order valence-corrected chi connectivity index (χ1v) is 6.66. The van der Waals surface area contributed by atoms with Gasteiger partial charge in [0.15, 0.2) is 5.78 Å². The minimum absolute atomic E-state index is 0.104. The van der Waals surface area contributed by atoms with Gasteiger partial charge in [-0.05, 0) is 12.8 Å². The van der Waals surface area contributed by atoms with E-state index in [1.165, 1.54) is 12.1 Å². The Morgan fingerprint density at radius 3 is 2.62 bits per heavy atom. The molecule has 21 heavy (non-hydrogen) atoms. The molecule has 1 heterocycles. The molecule has 1 aromatic rings. The van der Waals surface area contributed by atoms with Gasteiger partial charge in [-0.3, -0.25) is 4.79 Å². The Morgan fingerprint density at radius 2 is 2.10 bits per heavy atom. The van der Waals surface area contributed by atoms with Gasteiger partial charge >= 0.3 is 11.6 Å². The van der Waals surface area contributed by atoms with Crippen LogP contribution in [0.25, 0.3) is 0 Å². The van der Waals surface area contributed by atoms with Gasteiger partial charge < -0.3 is 14.6 Å². The van der Waals surface area contributed by atoms with Crippen LogP contribution in [0.1, 0.15) is 55.1 Å². The maximum absolute atomic E-state index is 11.7. The number of carbonyl (C=O) groups excluding carboxylic acids is 1. The monoisotopic (exact) mass is 294 g/mol. The zero-order valence-electron chi connectivity index (χ0n) is 12.0. The maximum Gasteiger partial charge on any atom is 0.350 e. The molecule has 0 aromatic carbocycles. The Balaban J connectivity index is 2.87. The van der Waals surface area contributed by atoms with E-state index in [0.29, 0.717) is 12.8 Å². The number of allylic oxidation sites excluding steroid dienone is 1. The van der Waals surface area contributed by atoms with E-state index in [2.05, 4.69) is 0 Å². The second kappa shape index (κ2) is 7.42. The van der Waals surface area contributed by atoms with Gasteiger partial charge in [-0.15, -0.1) is 0 Å². The minimum atomic E-state index is -1.02. The number of carboxylic acid groups (broad SMARTS) is 1. The molecule has 0 amide bonds. The molecule has 0 saturated carbocycles. The molecular formula is C15H18O6. The van der Waals surface area contributed by atoms with Crippen molar-refractivity contribution in [1.82, 2.24) is 0 Å². The summed E-state index contributed by atoms with van der Waals surface area (Å²) in [6.07, 6.45) is 3.70. The molecular weight excluding hydrogens is 276 g/mol. The van der Waals surface area contributed by atoms with Crippen molar-refractivity contribution in [2.24, 2.45) is 0 Å². The van der Waals surface area contributed by atoms with Crippen molar-refractivity contribution in [3.05, 3.63) is 40.0 Å². The number of rotatable bonds is 7. The molecule has 1 aromatic heterocycles. The highest BCUT2D eigenvalue weighted by Crippen LogP contribution is 2.25. The Kier molecular flexibility index (Phi) is 5.90. The average Bonchev–Trinajstić information content (AvgIpc) is 2.41. The largest absolute Gasteiger partial charge is 0.507 e. The van der Waals surface area contributed by atoms with Crippen molar-refractivity contribution in [1.29, 1.82) is 0 Å². The summed E-state index contributed by atoms with van der Waals surface area (Å²) in [5.74, 6) is -1.78. The number of hydrogen-bond donors (Lipinski definition) is 2. The molecule has 2 N–H and O–H groups in total. The summed E-state index contributed by atoms with van der Waals surface area (Å²) in [6.45, 7) is 3.38. The number of Topliss-reactive ketones (excluding diaryl/α,β-unsaturated/α-hetero) is 1. The third-order valence-electron chi connectivity index (χ3n) is 3.06. The average molecular weight is 294 g/mol. The Labute approximate surface area is 121 Å². The van der Waals surface area contributed by atoms with Crippen LogP contribution in [0.2, 0.25) is 0 Å². The molecule has 0 spiro atoms. The van der Waals surface area contributed by atoms with Crippen LogP contribution < -0.4 is 5.63 Å². The summed E-state index contributed by atoms with van der Waals surface area (Å²) in [4.78, 5) is 33.6. The minimum Gasteiger partial charge on any atom is -0.507 e. The highest BCUT2D eigenvalue weighted by atomic mass is 16.4. The Bertz CT molecular complexity index is 611. The van der Waals surface area contributed by atoms with E-state index in [1.54, 1.807) is 13.8 Å². The van der Waals surface area contributed by atoms with Crippen LogP contribution in [-0.4, -0.2) is 22.0 Å². The smallest absolute Gasteiger partial charge is 0.350 e. The van der Waals surface area contributed by atoms with E-state index in [4.69, 9.17) is 9.52 Å². The summed E-state index contributed by atoms with van der Waals surface area (Å²) >= 11 is 0. The van der Waals surface area contributed by atoms with Gasteiger partial charge in [0.25, 0.3) is 0 Å². The second-order valence-corrected chi connectivity index (χ2v) is 4.69. The standard InChI is InChI=1S/C15H18O6/c1-3-10(16)14-11(17)8-12(21-15(14)20)9(2)6-4-5-7-13(18)19/h5,7-9,17H,3-4,6H2,1-2H3,(H,18,19). The van der Waals surface area contributed by atoms with Gasteiger partial charge in [0.1, 0.15) is 17.1 Å². The first-order chi connectivity index (χ1) is 9.86. The van der Waals surface area contributed by atoms with Crippen LogP contribution in [0.4, 0.5) is 0 Å². The van der Waals surface area contributed by atoms with Crippen molar-refractivity contribution in [3.63, 3.8) is 0 Å². The predicted octanol–water partition coefficient (Wildman–Crippen LogP) is 2.46. The fourth-order valence-electron chi connectivity index (χ4n) is 1.85. The molecule has 114 valence electrons. The van der Waals surface area contributed by atoms with E-state index in [-0.39, 0.29) is 29.4 Å². The number of hydrogen-bond acceptors (Lipinski definition) is 5. The number of carbonyl (C=O) groups is 2. The van der Waals surface area contributed by atoms with Crippen molar-refractivity contribution >= 4 is 11.8 Å². The number of ketones is 1. The highest BCUT2D eigenvalue weighted by Gasteiger charge is 2.19. The van der Waals surface area contributed by atoms with Crippen LogP contribution >= 0.6 is 0 Å². The summed E-state index contributed by atoms with van der Waals surface area (Å²) in [5.41, 5.74) is -1.16. The summed E-state index contributed by atoms with van der Waals surface area (Å²) in [6, 6.07) is 1.27. The molecule has 1 unspecified atom stereocenters. The molecule has 1 atom stereocenters. The van der Waals surface area contributed by atoms with Gasteiger partial charge in [-0.1, -0.05) is 19.9 Å². The number of aromatic hydroxyl groups is 1. The lowest BCUT2D eigenvalue weighted by molar-refractivity contribution is -0.131. The van der Waals surface area contributed by atoms with Gasteiger partial charge in [0.05, 0.1) is 0 Å². The van der Waals surface area contributed by atoms with Crippen LogP contribution in [-0.2, 0) is 4.79 Å². The third kappa shape index (κ3) is 4.59. The molecule has 0 radical (unpaired) electrons. The molecule has 0 saturated heterocycles. The van der Waals surface area contributed by atoms with Crippen molar-refractivity contribution < 1.29 is 24.2 Å². The normalized spacial score (nSPS) is 12.5. The van der Waals surface area contributed by atoms with Crippen molar-refractivity contribution in [2.45, 2.75) is 39.0 Å². The van der Waals surface area contributed by atoms with Crippen molar-refractivity contribution in [2.75, 3.05) is 0 Å². The lowest BCUT2D eigenvalue weighted by Crippen LogP contribution is -2.15. The number of carboxylic acids is 1. The third-order valence-corrected chi connectivity index (χ3v) is 3.06. The highest BCUT2D eigenvalue weighted by molar-refractivity contribution is 5.97. The second-order valence-electron chi connectivity index (χ2n) is 4.69. The molecule has 0 aliphatic rings. The predicted molar refractivity (Wildman–Crippen MR) is 75.7 cm³/mol. The zero-order valence-corrected chi connectivity index (χ0v) is 12.0. The Hall–Kier alpha value is -2.37. The van der Waals surface area contributed by atoms with Gasteiger partial charge in [-0.25, -0.2) is 9.59 Å². The molecule has 1 rings (SSSR count). The molecule has 6 nitrogen and oxygen atoms in total. The van der Waals surface area contributed by atoms with Crippen LogP contribution in [0.3, 0.4) is 0 Å². The molecule has 0 aliphatic carbocycles. The van der Waals surface area contributed by atoms with Crippen LogP contribution in [0.15, 0.2) is 27.4 Å². The fraction of sp³-hybridized carbons (Fsp3) is 0.400. The van der Waals surface area contributed by atoms with Gasteiger partial charge in [0, 0.05) is 24.5 Å². The van der Waals surface area contributed by atoms with E-state index < -0.39 is 17.4 Å². The zero-order chi connectivity index (χ0) is 16.0. The first kappa shape index (κ1) is 16.7. The topological polar surface area (TPSA) is 105 Å². The molecule has 6 heteroatoms. The van der Waals surface area contributed by atoms with E-state index in [0.717, 1.165) is 6.08 Å². The molecule has 0 aliphatic heterocycles. The lowest BCUT2D eigenvalue weighted by atomic mass is 10.0. The van der Waals surface area contributed by atoms with Crippen LogP contribution in [0.5, 0.6) is 5.75 Å². The van der Waals surface area contributed by atoms with Crippen molar-refractivity contribution in [3.8, 4) is 5.75 Å². The summed E-state index contributed by atoms with van der Waals surface area (Å²) < 4.78 is 5.08. The van der Waals surface area contributed by atoms with Gasteiger partial charge in [-0.2, -0.15) is 0 Å². The number of aliphatic carboxylic acids is 1. The quantitative estimate of drug-likeness (QED) is 0.591. The maximum atomic E-state index is 11.7. The first-order valence-electron chi connectivity index (χ1n) is 6.66.